The number of benzene rings is 2. The minimum absolute atomic E-state index is 0.104. The standard InChI is InChI=1S/C25H26N2O6S/c1-17-3-5-18(6-4-17)15-27-24(29)22(34-25(27)30)14-19-7-8-20(21(13-19)31-2)33-16-23(28)26-9-11-32-12-10-26/h3-8,13-14H,9-12,15-16H2,1-2H3/b22-14-. The number of carbonyl (C=O) groups excluding carboxylic acids is 3. The van der Waals surface area contributed by atoms with Crippen LogP contribution in [0, 0.1) is 6.92 Å². The lowest BCUT2D eigenvalue weighted by molar-refractivity contribution is -0.137. The Balaban J connectivity index is 1.43. The molecule has 4 rings (SSSR count). The highest BCUT2D eigenvalue weighted by molar-refractivity contribution is 8.18. The van der Waals surface area contributed by atoms with Crippen LogP contribution < -0.4 is 9.47 Å². The zero-order valence-electron chi connectivity index (χ0n) is 19.1. The van der Waals surface area contributed by atoms with E-state index in [4.69, 9.17) is 14.2 Å². The summed E-state index contributed by atoms with van der Waals surface area (Å²) in [4.78, 5) is 40.9. The van der Waals surface area contributed by atoms with Crippen molar-refractivity contribution in [2.24, 2.45) is 0 Å². The molecular weight excluding hydrogens is 456 g/mol. The first kappa shape index (κ1) is 23.8. The summed E-state index contributed by atoms with van der Waals surface area (Å²) in [6.07, 6.45) is 1.66. The van der Waals surface area contributed by atoms with Crippen molar-refractivity contribution < 1.29 is 28.6 Å². The minimum Gasteiger partial charge on any atom is -0.493 e. The summed E-state index contributed by atoms with van der Waals surface area (Å²) in [6.45, 7) is 4.27. The van der Waals surface area contributed by atoms with Crippen molar-refractivity contribution in [3.63, 3.8) is 0 Å². The zero-order valence-corrected chi connectivity index (χ0v) is 19.9. The maximum atomic E-state index is 12.8. The Bertz CT molecular complexity index is 1110. The highest BCUT2D eigenvalue weighted by Gasteiger charge is 2.35. The van der Waals surface area contributed by atoms with Gasteiger partial charge in [0.05, 0.1) is 31.8 Å². The van der Waals surface area contributed by atoms with E-state index in [9.17, 15) is 14.4 Å². The Labute approximate surface area is 202 Å². The maximum absolute atomic E-state index is 12.8. The number of hydrogen-bond acceptors (Lipinski definition) is 7. The Kier molecular flexibility index (Phi) is 7.54. The summed E-state index contributed by atoms with van der Waals surface area (Å²) in [6, 6.07) is 12.9. The molecule has 0 saturated carbocycles. The molecule has 2 aromatic carbocycles. The van der Waals surface area contributed by atoms with Crippen LogP contribution in [0.25, 0.3) is 6.08 Å². The van der Waals surface area contributed by atoms with Gasteiger partial charge in [-0.05, 0) is 48.0 Å². The fourth-order valence-corrected chi connectivity index (χ4v) is 4.44. The largest absolute Gasteiger partial charge is 0.493 e. The number of amides is 3. The summed E-state index contributed by atoms with van der Waals surface area (Å²) >= 11 is 0.913. The van der Waals surface area contributed by atoms with Crippen LogP contribution in [-0.4, -0.2) is 66.9 Å². The topological polar surface area (TPSA) is 85.4 Å². The molecule has 0 aromatic heterocycles. The second-order valence-corrected chi connectivity index (χ2v) is 8.94. The van der Waals surface area contributed by atoms with Crippen molar-refractivity contribution in [3.05, 3.63) is 64.1 Å². The van der Waals surface area contributed by atoms with Gasteiger partial charge in [0.2, 0.25) is 0 Å². The SMILES string of the molecule is COc1cc(/C=C2\SC(=O)N(Cc3ccc(C)cc3)C2=O)ccc1OCC(=O)N1CCOCC1. The minimum atomic E-state index is -0.328. The molecular formula is C25H26N2O6S. The third-order valence-corrected chi connectivity index (χ3v) is 6.44. The molecule has 2 heterocycles. The molecule has 0 bridgehead atoms. The van der Waals surface area contributed by atoms with Crippen LogP contribution in [0.4, 0.5) is 4.79 Å². The van der Waals surface area contributed by atoms with E-state index in [1.54, 1.807) is 29.2 Å². The van der Waals surface area contributed by atoms with Gasteiger partial charge in [-0.1, -0.05) is 35.9 Å². The number of thioether (sulfide) groups is 1. The molecule has 0 N–H and O–H groups in total. The predicted octanol–water partition coefficient (Wildman–Crippen LogP) is 3.48. The number of morpholine rings is 1. The molecule has 9 heteroatoms. The molecule has 2 aliphatic heterocycles. The quantitative estimate of drug-likeness (QED) is 0.559. The van der Waals surface area contributed by atoms with Gasteiger partial charge in [-0.2, -0.15) is 0 Å². The van der Waals surface area contributed by atoms with Gasteiger partial charge in [0.25, 0.3) is 17.1 Å². The molecule has 178 valence electrons. The smallest absolute Gasteiger partial charge is 0.293 e. The fraction of sp³-hybridized carbons (Fsp3) is 0.320. The van der Waals surface area contributed by atoms with Crippen LogP contribution in [0.5, 0.6) is 11.5 Å². The molecule has 0 radical (unpaired) electrons. The van der Waals surface area contributed by atoms with Gasteiger partial charge in [0, 0.05) is 13.1 Å². The molecule has 0 atom stereocenters. The van der Waals surface area contributed by atoms with E-state index in [0.717, 1.165) is 22.9 Å². The molecule has 2 fully saturated rings. The second-order valence-electron chi connectivity index (χ2n) is 7.95. The van der Waals surface area contributed by atoms with Gasteiger partial charge in [-0.3, -0.25) is 19.3 Å². The summed E-state index contributed by atoms with van der Waals surface area (Å²) in [5, 5.41) is -0.301. The van der Waals surface area contributed by atoms with Crippen LogP contribution in [0.3, 0.4) is 0 Å². The van der Waals surface area contributed by atoms with Crippen molar-refractivity contribution in [1.29, 1.82) is 0 Å². The number of hydrogen-bond donors (Lipinski definition) is 0. The van der Waals surface area contributed by atoms with E-state index >= 15 is 0 Å². The maximum Gasteiger partial charge on any atom is 0.293 e. The number of nitrogens with zero attached hydrogens (tertiary/aromatic N) is 2. The number of ether oxygens (including phenoxy) is 3. The lowest BCUT2D eigenvalue weighted by Gasteiger charge is -2.26. The number of carbonyl (C=O) groups is 3. The molecule has 34 heavy (non-hydrogen) atoms. The van der Waals surface area contributed by atoms with Crippen molar-refractivity contribution >= 4 is 34.9 Å². The van der Waals surface area contributed by atoms with Crippen LogP contribution in [0.2, 0.25) is 0 Å². The fourth-order valence-electron chi connectivity index (χ4n) is 3.60. The van der Waals surface area contributed by atoms with Crippen LogP contribution in [0.1, 0.15) is 16.7 Å². The van der Waals surface area contributed by atoms with E-state index in [0.29, 0.717) is 48.3 Å². The first-order valence-corrected chi connectivity index (χ1v) is 11.7. The summed E-state index contributed by atoms with van der Waals surface area (Å²) < 4.78 is 16.4. The highest BCUT2D eigenvalue weighted by Crippen LogP contribution is 2.35. The van der Waals surface area contributed by atoms with Gasteiger partial charge in [0.15, 0.2) is 18.1 Å². The van der Waals surface area contributed by atoms with E-state index in [2.05, 4.69) is 0 Å². The molecule has 0 spiro atoms. The van der Waals surface area contributed by atoms with Crippen LogP contribution in [0.15, 0.2) is 47.4 Å². The molecule has 2 aliphatic rings. The Morgan fingerprint density at radius 1 is 1.09 bits per heavy atom. The number of rotatable bonds is 7. The van der Waals surface area contributed by atoms with Crippen molar-refractivity contribution in [2.45, 2.75) is 13.5 Å². The molecule has 3 amide bonds. The molecule has 0 aliphatic carbocycles. The number of methoxy groups -OCH3 is 1. The summed E-state index contributed by atoms with van der Waals surface area (Å²) in [5.74, 6) is 0.416. The van der Waals surface area contributed by atoms with Gasteiger partial charge >= 0.3 is 0 Å². The summed E-state index contributed by atoms with van der Waals surface area (Å²) in [5.41, 5.74) is 2.69. The lowest BCUT2D eigenvalue weighted by atomic mass is 10.1. The molecule has 0 unspecified atom stereocenters. The van der Waals surface area contributed by atoms with Gasteiger partial charge in [-0.15, -0.1) is 0 Å². The molecule has 2 aromatic rings. The van der Waals surface area contributed by atoms with Gasteiger partial charge in [-0.25, -0.2) is 0 Å². The monoisotopic (exact) mass is 482 g/mol. The Hall–Kier alpha value is -3.30. The number of imide groups is 1. The average molecular weight is 483 g/mol. The third-order valence-electron chi connectivity index (χ3n) is 5.54. The van der Waals surface area contributed by atoms with Crippen molar-refractivity contribution in [1.82, 2.24) is 9.80 Å². The van der Waals surface area contributed by atoms with E-state index in [1.807, 2.05) is 31.2 Å². The zero-order chi connectivity index (χ0) is 24.1. The molecule has 8 nitrogen and oxygen atoms in total. The van der Waals surface area contributed by atoms with Crippen LogP contribution >= 0.6 is 11.8 Å². The highest BCUT2D eigenvalue weighted by atomic mass is 32.2. The Morgan fingerprint density at radius 2 is 1.82 bits per heavy atom. The Morgan fingerprint density at radius 3 is 2.53 bits per heavy atom. The lowest BCUT2D eigenvalue weighted by Crippen LogP contribution is -2.43. The van der Waals surface area contributed by atoms with Crippen molar-refractivity contribution in [3.8, 4) is 11.5 Å². The predicted molar refractivity (Wildman–Crippen MR) is 129 cm³/mol. The second kappa shape index (κ2) is 10.8. The van der Waals surface area contributed by atoms with Gasteiger partial charge < -0.3 is 19.1 Å². The van der Waals surface area contributed by atoms with E-state index in [1.165, 1.54) is 12.0 Å². The van der Waals surface area contributed by atoms with Crippen LogP contribution in [-0.2, 0) is 20.9 Å². The average Bonchev–Trinajstić information content (AvgIpc) is 3.12. The first-order valence-electron chi connectivity index (χ1n) is 10.9. The summed E-state index contributed by atoms with van der Waals surface area (Å²) in [7, 11) is 1.51. The normalized spacial score (nSPS) is 17.4. The molecule has 2 saturated heterocycles. The number of aryl methyl sites for hydroxylation is 1. The van der Waals surface area contributed by atoms with E-state index in [-0.39, 0.29) is 30.2 Å². The van der Waals surface area contributed by atoms with E-state index < -0.39 is 0 Å². The van der Waals surface area contributed by atoms with Gasteiger partial charge in [0.1, 0.15) is 0 Å². The third kappa shape index (κ3) is 5.60. The first-order chi connectivity index (χ1) is 16.4. The van der Waals surface area contributed by atoms with Crippen molar-refractivity contribution in [2.75, 3.05) is 40.0 Å².